The van der Waals surface area contributed by atoms with Gasteiger partial charge < -0.3 is 4.74 Å². The summed E-state index contributed by atoms with van der Waals surface area (Å²) in [5, 5.41) is 0. The minimum atomic E-state index is 0.588. The Morgan fingerprint density at radius 2 is 2.00 bits per heavy atom. The Balaban J connectivity index is 2.53. The molecule has 0 aromatic carbocycles. The Kier molecular flexibility index (Phi) is 6.78. The molecule has 0 aliphatic rings. The lowest BCUT2D eigenvalue weighted by molar-refractivity contribution is 0.118. The largest absolute Gasteiger partial charge is 0.365 e. The molecule has 0 saturated heterocycles. The third-order valence-electron chi connectivity index (χ3n) is 0.680. The zero-order valence-electron chi connectivity index (χ0n) is 5.53. The maximum Gasteiger partial charge on any atom is 0.109 e. The van der Waals surface area contributed by atoms with Crippen molar-refractivity contribution in [2.45, 2.75) is 13.8 Å². The lowest BCUT2D eigenvalue weighted by Crippen LogP contribution is -2.33. The molecule has 0 rings (SSSR count). The summed E-state index contributed by atoms with van der Waals surface area (Å²) in [5.41, 5.74) is 5.77. The van der Waals surface area contributed by atoms with Crippen LogP contribution in [-0.4, -0.2) is 19.9 Å². The topological polar surface area (TPSA) is 33.3 Å². The van der Waals surface area contributed by atoms with Gasteiger partial charge in [-0.2, -0.15) is 0 Å². The van der Waals surface area contributed by atoms with Crippen LogP contribution in [0.1, 0.15) is 13.8 Å². The fourth-order valence-corrected chi connectivity index (χ4v) is 0.329. The number of ether oxygens (including phenoxy) is 1. The zero-order valence-corrected chi connectivity index (χ0v) is 5.53. The van der Waals surface area contributed by atoms with Gasteiger partial charge in [-0.1, -0.05) is 6.92 Å². The molecule has 0 spiro atoms. The molecule has 0 aromatic rings. The van der Waals surface area contributed by atoms with Crippen LogP contribution in [0.2, 0.25) is 0 Å². The molecular formula is C5H14N2O. The maximum absolute atomic E-state index is 4.96. The number of hydrogen-bond acceptors (Lipinski definition) is 3. The van der Waals surface area contributed by atoms with E-state index in [9.17, 15) is 0 Å². The molecule has 3 nitrogen and oxygen atoms in total. The van der Waals surface area contributed by atoms with E-state index in [0.29, 0.717) is 6.73 Å². The van der Waals surface area contributed by atoms with Crippen molar-refractivity contribution in [3.8, 4) is 0 Å². The minimum Gasteiger partial charge on any atom is -0.365 e. The SMILES string of the molecule is CCNNCOCC. The Bertz CT molecular complexity index is 35.4. The second-order valence-electron chi connectivity index (χ2n) is 1.34. The lowest BCUT2D eigenvalue weighted by Gasteiger charge is -2.02. The molecule has 3 heteroatoms. The summed E-state index contributed by atoms with van der Waals surface area (Å²) < 4.78 is 4.96. The molecule has 0 aliphatic heterocycles. The first-order valence-corrected chi connectivity index (χ1v) is 2.95. The van der Waals surface area contributed by atoms with Crippen LogP contribution in [0.3, 0.4) is 0 Å². The van der Waals surface area contributed by atoms with Gasteiger partial charge in [0.05, 0.1) is 0 Å². The van der Waals surface area contributed by atoms with Crippen LogP contribution in [-0.2, 0) is 4.74 Å². The van der Waals surface area contributed by atoms with Gasteiger partial charge in [-0.3, -0.25) is 5.43 Å². The molecule has 0 aliphatic carbocycles. The van der Waals surface area contributed by atoms with Crippen molar-refractivity contribution in [3.05, 3.63) is 0 Å². The monoisotopic (exact) mass is 118 g/mol. The average Bonchev–Trinajstić information content (AvgIpc) is 1.81. The first kappa shape index (κ1) is 7.88. The Morgan fingerprint density at radius 1 is 1.25 bits per heavy atom. The summed E-state index contributed by atoms with van der Waals surface area (Å²) in [5.74, 6) is 0. The number of hydrazine groups is 1. The molecule has 0 bridgehead atoms. The van der Waals surface area contributed by atoms with Crippen molar-refractivity contribution >= 4 is 0 Å². The fraction of sp³-hybridized carbons (Fsp3) is 1.00. The second-order valence-corrected chi connectivity index (χ2v) is 1.34. The number of nitrogens with one attached hydrogen (secondary N) is 2. The van der Waals surface area contributed by atoms with Gasteiger partial charge in [0.25, 0.3) is 0 Å². The highest BCUT2D eigenvalue weighted by Crippen LogP contribution is 1.63. The average molecular weight is 118 g/mol. The van der Waals surface area contributed by atoms with Gasteiger partial charge in [-0.15, -0.1) is 0 Å². The van der Waals surface area contributed by atoms with E-state index in [1.54, 1.807) is 0 Å². The van der Waals surface area contributed by atoms with E-state index >= 15 is 0 Å². The summed E-state index contributed by atoms with van der Waals surface area (Å²) >= 11 is 0. The quantitative estimate of drug-likeness (QED) is 0.305. The molecule has 0 heterocycles. The van der Waals surface area contributed by atoms with E-state index in [1.807, 2.05) is 13.8 Å². The molecule has 50 valence electrons. The number of rotatable bonds is 5. The summed E-state index contributed by atoms with van der Waals surface area (Å²) in [6.45, 7) is 6.27. The summed E-state index contributed by atoms with van der Waals surface area (Å²) in [6.07, 6.45) is 0. The molecular weight excluding hydrogens is 104 g/mol. The molecule has 2 N–H and O–H groups in total. The van der Waals surface area contributed by atoms with Crippen LogP contribution in [0.5, 0.6) is 0 Å². The zero-order chi connectivity index (χ0) is 6.24. The van der Waals surface area contributed by atoms with Gasteiger partial charge in [0, 0.05) is 13.2 Å². The van der Waals surface area contributed by atoms with Gasteiger partial charge in [-0.25, -0.2) is 5.43 Å². The minimum absolute atomic E-state index is 0.588. The highest BCUT2D eigenvalue weighted by Gasteiger charge is 1.77. The van der Waals surface area contributed by atoms with Crippen LogP contribution in [0.4, 0.5) is 0 Å². The van der Waals surface area contributed by atoms with E-state index < -0.39 is 0 Å². The van der Waals surface area contributed by atoms with Crippen LogP contribution < -0.4 is 10.9 Å². The van der Waals surface area contributed by atoms with Gasteiger partial charge >= 0.3 is 0 Å². The van der Waals surface area contributed by atoms with Gasteiger partial charge in [-0.05, 0) is 6.92 Å². The van der Waals surface area contributed by atoms with Crippen molar-refractivity contribution in [2.75, 3.05) is 19.9 Å². The van der Waals surface area contributed by atoms with Crippen LogP contribution in [0, 0.1) is 0 Å². The predicted octanol–water partition coefficient (Wildman–Crippen LogP) is 0.0945. The summed E-state index contributed by atoms with van der Waals surface area (Å²) in [7, 11) is 0. The van der Waals surface area contributed by atoms with Crippen LogP contribution in [0.25, 0.3) is 0 Å². The maximum atomic E-state index is 4.96. The highest BCUT2D eigenvalue weighted by atomic mass is 16.5. The van der Waals surface area contributed by atoms with Crippen LogP contribution >= 0.6 is 0 Å². The van der Waals surface area contributed by atoms with Crippen molar-refractivity contribution in [2.24, 2.45) is 0 Å². The van der Waals surface area contributed by atoms with E-state index in [-0.39, 0.29) is 0 Å². The number of hydrogen-bond donors (Lipinski definition) is 2. The Labute approximate surface area is 50.4 Å². The predicted molar refractivity (Wildman–Crippen MR) is 33.3 cm³/mol. The van der Waals surface area contributed by atoms with Crippen molar-refractivity contribution < 1.29 is 4.74 Å². The second kappa shape index (κ2) is 6.88. The summed E-state index contributed by atoms with van der Waals surface area (Å²) in [4.78, 5) is 0. The summed E-state index contributed by atoms with van der Waals surface area (Å²) in [6, 6.07) is 0. The van der Waals surface area contributed by atoms with E-state index in [4.69, 9.17) is 4.74 Å². The first-order valence-electron chi connectivity index (χ1n) is 2.95. The van der Waals surface area contributed by atoms with Gasteiger partial charge in [0.15, 0.2) is 0 Å². The standard InChI is InChI=1S/C5H14N2O/c1-3-6-7-5-8-4-2/h6-7H,3-5H2,1-2H3. The molecule has 0 amide bonds. The molecule has 0 fully saturated rings. The third-order valence-corrected chi connectivity index (χ3v) is 0.680. The van der Waals surface area contributed by atoms with Crippen molar-refractivity contribution in [3.63, 3.8) is 0 Å². The fourth-order valence-electron chi connectivity index (χ4n) is 0.329. The lowest BCUT2D eigenvalue weighted by atomic mass is 10.8. The molecule has 0 saturated carbocycles. The van der Waals surface area contributed by atoms with Gasteiger partial charge in [0.2, 0.25) is 0 Å². The molecule has 8 heavy (non-hydrogen) atoms. The van der Waals surface area contributed by atoms with Gasteiger partial charge in [0.1, 0.15) is 6.73 Å². The smallest absolute Gasteiger partial charge is 0.109 e. The van der Waals surface area contributed by atoms with E-state index in [1.165, 1.54) is 0 Å². The molecule has 0 radical (unpaired) electrons. The normalized spacial score (nSPS) is 9.75. The Hall–Kier alpha value is -0.120. The Morgan fingerprint density at radius 3 is 2.50 bits per heavy atom. The first-order chi connectivity index (χ1) is 3.91. The molecule has 0 aromatic heterocycles. The molecule has 0 unspecified atom stereocenters. The molecule has 0 atom stereocenters. The van der Waals surface area contributed by atoms with E-state index in [2.05, 4.69) is 10.9 Å². The van der Waals surface area contributed by atoms with Crippen molar-refractivity contribution in [1.82, 2.24) is 10.9 Å². The highest BCUT2D eigenvalue weighted by molar-refractivity contribution is 4.24. The third kappa shape index (κ3) is 5.88. The van der Waals surface area contributed by atoms with E-state index in [0.717, 1.165) is 13.2 Å². The van der Waals surface area contributed by atoms with Crippen LogP contribution in [0.15, 0.2) is 0 Å². The van der Waals surface area contributed by atoms with Crippen molar-refractivity contribution in [1.29, 1.82) is 0 Å².